The molecular formula is C13H23NO. The lowest BCUT2D eigenvalue weighted by Crippen LogP contribution is -2.49. The Morgan fingerprint density at radius 2 is 2.07 bits per heavy atom. The van der Waals surface area contributed by atoms with Gasteiger partial charge in [0.2, 0.25) is 5.91 Å². The first-order chi connectivity index (χ1) is 7.18. The summed E-state index contributed by atoms with van der Waals surface area (Å²) in [5, 5.41) is 3.30. The third-order valence-electron chi connectivity index (χ3n) is 4.58. The van der Waals surface area contributed by atoms with Crippen LogP contribution in [0.3, 0.4) is 0 Å². The molecule has 1 amide bonds. The molecule has 2 fully saturated rings. The first kappa shape index (κ1) is 11.0. The maximum Gasteiger partial charge on any atom is 0.220 e. The molecule has 1 aliphatic carbocycles. The van der Waals surface area contributed by atoms with Crippen LogP contribution < -0.4 is 5.32 Å². The molecule has 1 N–H and O–H groups in total. The van der Waals surface area contributed by atoms with Crippen molar-refractivity contribution in [2.45, 2.75) is 64.3 Å². The molecule has 0 aromatic rings. The Morgan fingerprint density at radius 1 is 1.40 bits per heavy atom. The van der Waals surface area contributed by atoms with E-state index in [1.54, 1.807) is 0 Å². The van der Waals surface area contributed by atoms with Crippen LogP contribution in [0.5, 0.6) is 0 Å². The number of amides is 1. The zero-order valence-electron chi connectivity index (χ0n) is 10.0. The Hall–Kier alpha value is -0.530. The smallest absolute Gasteiger partial charge is 0.220 e. The fourth-order valence-corrected chi connectivity index (χ4v) is 3.53. The van der Waals surface area contributed by atoms with Crippen LogP contribution in [-0.4, -0.2) is 11.4 Å². The lowest BCUT2D eigenvalue weighted by molar-refractivity contribution is -0.120. The van der Waals surface area contributed by atoms with Crippen LogP contribution in [-0.2, 0) is 4.79 Å². The predicted molar refractivity (Wildman–Crippen MR) is 61.5 cm³/mol. The number of hydrogen-bond acceptors (Lipinski definition) is 1. The second kappa shape index (κ2) is 4.15. The molecule has 1 heterocycles. The molecule has 86 valence electrons. The van der Waals surface area contributed by atoms with Gasteiger partial charge in [0, 0.05) is 12.0 Å². The second-order valence-corrected chi connectivity index (χ2v) is 5.46. The molecule has 2 atom stereocenters. The van der Waals surface area contributed by atoms with Gasteiger partial charge in [0.05, 0.1) is 0 Å². The summed E-state index contributed by atoms with van der Waals surface area (Å²) in [6, 6.07) is 0. The molecule has 1 saturated heterocycles. The zero-order valence-corrected chi connectivity index (χ0v) is 10.0. The first-order valence-electron chi connectivity index (χ1n) is 6.49. The van der Waals surface area contributed by atoms with E-state index in [1.807, 2.05) is 0 Å². The number of rotatable bonds is 2. The molecular weight excluding hydrogens is 186 g/mol. The van der Waals surface area contributed by atoms with E-state index in [2.05, 4.69) is 19.2 Å². The van der Waals surface area contributed by atoms with Crippen molar-refractivity contribution in [3.05, 3.63) is 0 Å². The Kier molecular flexibility index (Phi) is 3.03. The van der Waals surface area contributed by atoms with Gasteiger partial charge in [0.15, 0.2) is 0 Å². The topological polar surface area (TPSA) is 29.1 Å². The van der Waals surface area contributed by atoms with Gasteiger partial charge >= 0.3 is 0 Å². The number of carbonyl (C=O) groups is 1. The monoisotopic (exact) mass is 209 g/mol. The minimum Gasteiger partial charge on any atom is -0.350 e. The molecule has 15 heavy (non-hydrogen) atoms. The molecule has 0 aromatic heterocycles. The van der Waals surface area contributed by atoms with Crippen LogP contribution >= 0.6 is 0 Å². The minimum atomic E-state index is 0.185. The number of carbonyl (C=O) groups excluding carboxylic acids is 1. The fourth-order valence-electron chi connectivity index (χ4n) is 3.53. The van der Waals surface area contributed by atoms with Crippen LogP contribution in [0.4, 0.5) is 0 Å². The quantitative estimate of drug-likeness (QED) is 0.744. The Morgan fingerprint density at radius 3 is 2.67 bits per heavy atom. The fraction of sp³-hybridized carbons (Fsp3) is 0.923. The standard InChI is InChI=1S/C13H23NO/c1-3-10(2)11-9-12(15)14-13(11)7-5-4-6-8-13/h10-11H,3-9H2,1-2H3,(H,14,15). The SMILES string of the molecule is CCC(C)C1CC(=O)NC12CCCCC2. The van der Waals surface area contributed by atoms with E-state index in [4.69, 9.17) is 0 Å². The van der Waals surface area contributed by atoms with Gasteiger partial charge in [-0.25, -0.2) is 0 Å². The van der Waals surface area contributed by atoms with Gasteiger partial charge in [-0.1, -0.05) is 39.5 Å². The maximum atomic E-state index is 11.6. The molecule has 2 aliphatic rings. The Labute approximate surface area is 92.8 Å². The van der Waals surface area contributed by atoms with Crippen LogP contribution in [0, 0.1) is 11.8 Å². The van der Waals surface area contributed by atoms with Gasteiger partial charge in [-0.3, -0.25) is 4.79 Å². The molecule has 1 saturated carbocycles. The molecule has 2 rings (SSSR count). The largest absolute Gasteiger partial charge is 0.350 e. The number of nitrogens with one attached hydrogen (secondary N) is 1. The maximum absolute atomic E-state index is 11.6. The summed E-state index contributed by atoms with van der Waals surface area (Å²) >= 11 is 0. The van der Waals surface area contributed by atoms with Crippen molar-refractivity contribution in [1.29, 1.82) is 0 Å². The summed E-state index contributed by atoms with van der Waals surface area (Å²) in [5.74, 6) is 1.57. The van der Waals surface area contributed by atoms with E-state index in [0.29, 0.717) is 17.7 Å². The highest BCUT2D eigenvalue weighted by Gasteiger charge is 2.48. The zero-order chi connectivity index (χ0) is 10.9. The van der Waals surface area contributed by atoms with Gasteiger partial charge in [-0.05, 0) is 24.7 Å². The summed E-state index contributed by atoms with van der Waals surface area (Å²) in [5.41, 5.74) is 0.185. The van der Waals surface area contributed by atoms with Crippen LogP contribution in [0.2, 0.25) is 0 Å². The molecule has 2 unspecified atom stereocenters. The van der Waals surface area contributed by atoms with Crippen molar-refractivity contribution in [1.82, 2.24) is 5.32 Å². The van der Waals surface area contributed by atoms with Crippen molar-refractivity contribution in [3.8, 4) is 0 Å². The summed E-state index contributed by atoms with van der Waals surface area (Å²) in [7, 11) is 0. The van der Waals surface area contributed by atoms with E-state index < -0.39 is 0 Å². The van der Waals surface area contributed by atoms with E-state index in [1.165, 1.54) is 38.5 Å². The molecule has 1 aliphatic heterocycles. The molecule has 2 nitrogen and oxygen atoms in total. The highest BCUT2D eigenvalue weighted by Crippen LogP contribution is 2.44. The predicted octanol–water partition coefficient (Wildman–Crippen LogP) is 2.87. The summed E-state index contributed by atoms with van der Waals surface area (Å²) in [4.78, 5) is 11.6. The van der Waals surface area contributed by atoms with Crippen molar-refractivity contribution >= 4 is 5.91 Å². The second-order valence-electron chi connectivity index (χ2n) is 5.46. The van der Waals surface area contributed by atoms with Gasteiger partial charge in [-0.2, -0.15) is 0 Å². The van der Waals surface area contributed by atoms with Gasteiger partial charge in [-0.15, -0.1) is 0 Å². The number of hydrogen-bond donors (Lipinski definition) is 1. The Bertz CT molecular complexity index is 243. The van der Waals surface area contributed by atoms with E-state index in [9.17, 15) is 4.79 Å². The Balaban J connectivity index is 2.16. The normalized spacial score (nSPS) is 31.6. The average Bonchev–Trinajstić information content (AvgIpc) is 2.55. The highest BCUT2D eigenvalue weighted by atomic mass is 16.2. The summed E-state index contributed by atoms with van der Waals surface area (Å²) in [6.45, 7) is 4.55. The van der Waals surface area contributed by atoms with E-state index in [0.717, 1.165) is 6.42 Å². The lowest BCUT2D eigenvalue weighted by Gasteiger charge is -2.41. The molecule has 1 spiro atoms. The third kappa shape index (κ3) is 1.91. The molecule has 0 radical (unpaired) electrons. The summed E-state index contributed by atoms with van der Waals surface area (Å²) in [6.07, 6.45) is 8.35. The van der Waals surface area contributed by atoms with Gasteiger partial charge in [0.25, 0.3) is 0 Å². The van der Waals surface area contributed by atoms with Crippen molar-refractivity contribution in [3.63, 3.8) is 0 Å². The first-order valence-corrected chi connectivity index (χ1v) is 6.49. The van der Waals surface area contributed by atoms with Gasteiger partial charge < -0.3 is 5.32 Å². The van der Waals surface area contributed by atoms with E-state index in [-0.39, 0.29) is 5.54 Å². The third-order valence-corrected chi connectivity index (χ3v) is 4.58. The lowest BCUT2D eigenvalue weighted by atomic mass is 9.69. The van der Waals surface area contributed by atoms with Crippen molar-refractivity contribution in [2.24, 2.45) is 11.8 Å². The summed E-state index contributed by atoms with van der Waals surface area (Å²) < 4.78 is 0. The minimum absolute atomic E-state index is 0.185. The van der Waals surface area contributed by atoms with Crippen LogP contribution in [0.15, 0.2) is 0 Å². The highest BCUT2D eigenvalue weighted by molar-refractivity contribution is 5.80. The molecule has 0 bridgehead atoms. The molecule has 0 aromatic carbocycles. The van der Waals surface area contributed by atoms with Crippen LogP contribution in [0.1, 0.15) is 58.8 Å². The van der Waals surface area contributed by atoms with Crippen molar-refractivity contribution in [2.75, 3.05) is 0 Å². The van der Waals surface area contributed by atoms with Gasteiger partial charge in [0.1, 0.15) is 0 Å². The van der Waals surface area contributed by atoms with Crippen LogP contribution in [0.25, 0.3) is 0 Å². The molecule has 2 heteroatoms. The average molecular weight is 209 g/mol. The van der Waals surface area contributed by atoms with E-state index >= 15 is 0 Å². The van der Waals surface area contributed by atoms with Crippen molar-refractivity contribution < 1.29 is 4.79 Å².